The molecule has 1 aromatic carbocycles. The van der Waals surface area contributed by atoms with Gasteiger partial charge in [-0.1, -0.05) is 13.8 Å². The summed E-state index contributed by atoms with van der Waals surface area (Å²) in [6.07, 6.45) is 7.09. The molecule has 0 spiro atoms. The number of rotatable bonds is 7. The minimum absolute atomic E-state index is 0.185. The molecule has 2 heterocycles. The number of carbonyl (C=O) groups excluding carboxylic acids is 1. The van der Waals surface area contributed by atoms with Gasteiger partial charge in [-0.25, -0.2) is 4.98 Å². The summed E-state index contributed by atoms with van der Waals surface area (Å²) in [5.41, 5.74) is 2.56. The zero-order chi connectivity index (χ0) is 25.4. The fourth-order valence-corrected chi connectivity index (χ4v) is 5.36. The molecule has 8 nitrogen and oxygen atoms in total. The first-order chi connectivity index (χ1) is 16.5. The number of aromatic nitrogens is 2. The molecule has 0 bridgehead atoms. The molecule has 0 radical (unpaired) electrons. The molecule has 0 saturated heterocycles. The number of benzene rings is 1. The maximum Gasteiger partial charge on any atom is 0.215 e. The molecule has 0 unspecified atom stereocenters. The molecular weight excluding hydrogens is 440 g/mol. The number of aliphatic hydroxyl groups is 1. The predicted molar refractivity (Wildman–Crippen MR) is 137 cm³/mol. The van der Waals surface area contributed by atoms with Crippen molar-refractivity contribution in [1.82, 2.24) is 9.97 Å². The summed E-state index contributed by atoms with van der Waals surface area (Å²) in [6.45, 7) is 10.3. The van der Waals surface area contributed by atoms with E-state index in [-0.39, 0.29) is 5.41 Å². The van der Waals surface area contributed by atoms with Gasteiger partial charge in [0.1, 0.15) is 5.60 Å². The van der Waals surface area contributed by atoms with E-state index in [2.05, 4.69) is 46.7 Å². The number of carbonyl (C=O) groups is 1. The van der Waals surface area contributed by atoms with Gasteiger partial charge in [0.2, 0.25) is 6.41 Å². The average molecular weight is 477 g/mol. The van der Waals surface area contributed by atoms with Crippen LogP contribution in [-0.2, 0) is 10.4 Å². The first kappa shape index (κ1) is 24.9. The van der Waals surface area contributed by atoms with Crippen LogP contribution in [0.15, 0.2) is 30.6 Å². The Balaban J connectivity index is 1.47. The van der Waals surface area contributed by atoms with Gasteiger partial charge in [-0.05, 0) is 68.6 Å². The van der Waals surface area contributed by atoms with Crippen LogP contribution in [0, 0.1) is 28.6 Å². The van der Waals surface area contributed by atoms with Crippen LogP contribution in [-0.4, -0.2) is 48.3 Å². The monoisotopic (exact) mass is 476 g/mol. The third-order valence-electron chi connectivity index (χ3n) is 7.74. The second kappa shape index (κ2) is 9.46. The Morgan fingerprint density at radius 3 is 2.69 bits per heavy atom. The lowest BCUT2D eigenvalue weighted by Crippen LogP contribution is -2.43. The Morgan fingerprint density at radius 1 is 1.29 bits per heavy atom. The average Bonchev–Trinajstić information content (AvgIpc) is 3.13. The molecule has 1 amide bonds. The number of hydrogen-bond acceptors (Lipinski definition) is 7. The lowest BCUT2D eigenvalue weighted by atomic mass is 9.65. The van der Waals surface area contributed by atoms with E-state index in [0.29, 0.717) is 35.5 Å². The highest BCUT2D eigenvalue weighted by Crippen LogP contribution is 2.46. The van der Waals surface area contributed by atoms with Gasteiger partial charge in [-0.3, -0.25) is 14.7 Å². The van der Waals surface area contributed by atoms with E-state index < -0.39 is 5.60 Å². The third kappa shape index (κ3) is 5.25. The van der Waals surface area contributed by atoms with Gasteiger partial charge in [-0.15, -0.1) is 0 Å². The van der Waals surface area contributed by atoms with Crippen LogP contribution in [0.4, 0.5) is 17.2 Å². The van der Waals surface area contributed by atoms with Crippen molar-refractivity contribution in [3.63, 3.8) is 0 Å². The van der Waals surface area contributed by atoms with Crippen molar-refractivity contribution in [2.45, 2.75) is 52.6 Å². The maximum atomic E-state index is 12.0. The Bertz CT molecular complexity index is 1100. The van der Waals surface area contributed by atoms with Crippen molar-refractivity contribution in [1.29, 1.82) is 5.26 Å². The SMILES string of the molecule is CN1CN(C[C@@H]2C[C@H](CN(C=O)c3cnc(C(C)(C)O)cn3)CCC2(C)C)c2cc(C#N)ccc21. The molecule has 1 fully saturated rings. The van der Waals surface area contributed by atoms with Crippen LogP contribution in [0.3, 0.4) is 0 Å². The lowest BCUT2D eigenvalue weighted by Gasteiger charge is -2.44. The van der Waals surface area contributed by atoms with Crippen LogP contribution in [0.25, 0.3) is 0 Å². The second-order valence-corrected chi connectivity index (χ2v) is 11.3. The molecular formula is C27H36N6O2. The maximum absolute atomic E-state index is 12.0. The van der Waals surface area contributed by atoms with E-state index in [4.69, 9.17) is 0 Å². The van der Waals surface area contributed by atoms with Gasteiger partial charge < -0.3 is 14.9 Å². The second-order valence-electron chi connectivity index (χ2n) is 11.3. The van der Waals surface area contributed by atoms with Gasteiger partial charge in [0.15, 0.2) is 5.82 Å². The van der Waals surface area contributed by atoms with Crippen LogP contribution < -0.4 is 14.7 Å². The summed E-state index contributed by atoms with van der Waals surface area (Å²) in [5, 5.41) is 19.5. The smallest absolute Gasteiger partial charge is 0.215 e. The third-order valence-corrected chi connectivity index (χ3v) is 7.74. The predicted octanol–water partition coefficient (Wildman–Crippen LogP) is 3.89. The van der Waals surface area contributed by atoms with Crippen molar-refractivity contribution < 1.29 is 9.90 Å². The topological polar surface area (TPSA) is 96.6 Å². The highest BCUT2D eigenvalue weighted by molar-refractivity contribution is 5.77. The summed E-state index contributed by atoms with van der Waals surface area (Å²) in [5.74, 6) is 1.32. The molecule has 1 aliphatic carbocycles. The molecule has 1 aliphatic heterocycles. The molecule has 2 aromatic rings. The van der Waals surface area contributed by atoms with E-state index in [0.717, 1.165) is 50.3 Å². The zero-order valence-electron chi connectivity index (χ0n) is 21.4. The van der Waals surface area contributed by atoms with Crippen molar-refractivity contribution in [3.8, 4) is 6.07 Å². The summed E-state index contributed by atoms with van der Waals surface area (Å²) in [4.78, 5) is 26.9. The molecule has 4 rings (SSSR count). The Hall–Kier alpha value is -3.18. The minimum atomic E-state index is -1.07. The highest BCUT2D eigenvalue weighted by Gasteiger charge is 2.39. The van der Waals surface area contributed by atoms with Gasteiger partial charge in [0, 0.05) is 20.1 Å². The first-order valence-electron chi connectivity index (χ1n) is 12.3. The number of amides is 1. The van der Waals surface area contributed by atoms with Crippen molar-refractivity contribution in [3.05, 3.63) is 41.9 Å². The fourth-order valence-electron chi connectivity index (χ4n) is 5.36. The van der Waals surface area contributed by atoms with Crippen LogP contribution in [0.2, 0.25) is 0 Å². The largest absolute Gasteiger partial charge is 0.384 e. The van der Waals surface area contributed by atoms with Gasteiger partial charge in [-0.2, -0.15) is 5.26 Å². The van der Waals surface area contributed by atoms with Crippen molar-refractivity contribution in [2.24, 2.45) is 17.3 Å². The van der Waals surface area contributed by atoms with Gasteiger partial charge in [0.25, 0.3) is 0 Å². The molecule has 8 heteroatoms. The number of nitrogens with zero attached hydrogens (tertiary/aromatic N) is 6. The highest BCUT2D eigenvalue weighted by atomic mass is 16.3. The summed E-state index contributed by atoms with van der Waals surface area (Å²) in [6, 6.07) is 8.18. The minimum Gasteiger partial charge on any atom is -0.384 e. The van der Waals surface area contributed by atoms with E-state index >= 15 is 0 Å². The molecule has 2 atom stereocenters. The Labute approximate surface area is 208 Å². The molecule has 2 aliphatic rings. The molecule has 1 N–H and O–H groups in total. The molecule has 1 saturated carbocycles. The Kier molecular flexibility index (Phi) is 6.74. The fraction of sp³-hybridized carbons (Fsp3) is 0.556. The summed E-state index contributed by atoms with van der Waals surface area (Å²) < 4.78 is 0. The standard InChI is InChI=1S/C27H36N6O2/c1-26(2)9-8-20(15-33(18-34)25-14-29-24(13-30-25)27(3,4)35)10-21(26)16-32-17-31(5)22-7-6-19(12-28)11-23(22)32/h6-7,11,13-14,18,20-21,35H,8-10,15-17H2,1-5H3/t20-,21+/m1/s1. The number of nitriles is 1. The van der Waals surface area contributed by atoms with Crippen LogP contribution in [0.5, 0.6) is 0 Å². The first-order valence-corrected chi connectivity index (χ1v) is 12.3. The summed E-state index contributed by atoms with van der Waals surface area (Å²) >= 11 is 0. The number of fused-ring (bicyclic) bond motifs is 1. The number of anilines is 3. The molecule has 186 valence electrons. The zero-order valence-corrected chi connectivity index (χ0v) is 21.4. The van der Waals surface area contributed by atoms with Crippen molar-refractivity contribution >= 4 is 23.6 Å². The van der Waals surface area contributed by atoms with Gasteiger partial charge in [0.05, 0.1) is 47.8 Å². The molecule has 1 aromatic heterocycles. The lowest BCUT2D eigenvalue weighted by molar-refractivity contribution is -0.107. The van der Waals surface area contributed by atoms with Crippen LogP contribution >= 0.6 is 0 Å². The van der Waals surface area contributed by atoms with E-state index in [9.17, 15) is 15.2 Å². The molecule has 35 heavy (non-hydrogen) atoms. The van der Waals surface area contributed by atoms with E-state index in [1.54, 1.807) is 24.9 Å². The number of hydrogen-bond donors (Lipinski definition) is 1. The van der Waals surface area contributed by atoms with Gasteiger partial charge >= 0.3 is 0 Å². The van der Waals surface area contributed by atoms with E-state index in [1.807, 2.05) is 18.2 Å². The Morgan fingerprint density at radius 2 is 2.06 bits per heavy atom. The van der Waals surface area contributed by atoms with Crippen molar-refractivity contribution in [2.75, 3.05) is 41.5 Å². The summed E-state index contributed by atoms with van der Waals surface area (Å²) in [7, 11) is 2.09. The van der Waals surface area contributed by atoms with E-state index in [1.165, 1.54) is 6.20 Å². The quantitative estimate of drug-likeness (QED) is 0.606. The normalized spacial score (nSPS) is 21.4. The van der Waals surface area contributed by atoms with Crippen LogP contribution in [0.1, 0.15) is 58.2 Å².